The van der Waals surface area contributed by atoms with E-state index in [0.29, 0.717) is 13.0 Å². The van der Waals surface area contributed by atoms with Crippen LogP contribution >= 0.6 is 0 Å². The zero-order valence-corrected chi connectivity index (χ0v) is 10.0. The van der Waals surface area contributed by atoms with Gasteiger partial charge in [-0.25, -0.2) is 13.1 Å². The SMILES string of the molecule is C=CCC(C)NS(=O)(=O)C1CCCNC1. The first-order valence-electron chi connectivity index (χ1n) is 5.39. The Balaban J connectivity index is 2.53. The Morgan fingerprint density at radius 2 is 2.40 bits per heavy atom. The first-order chi connectivity index (χ1) is 7.06. The van der Waals surface area contributed by atoms with Gasteiger partial charge in [-0.05, 0) is 32.7 Å². The summed E-state index contributed by atoms with van der Waals surface area (Å²) in [5, 5.41) is 2.83. The Hall–Kier alpha value is -0.390. The highest BCUT2D eigenvalue weighted by Gasteiger charge is 2.27. The summed E-state index contributed by atoms with van der Waals surface area (Å²) in [5.41, 5.74) is 0. The van der Waals surface area contributed by atoms with Gasteiger partial charge in [0, 0.05) is 12.6 Å². The molecule has 0 bridgehead atoms. The molecule has 0 aromatic rings. The van der Waals surface area contributed by atoms with Crippen LogP contribution in [-0.4, -0.2) is 32.8 Å². The van der Waals surface area contributed by atoms with E-state index in [2.05, 4.69) is 16.6 Å². The zero-order valence-electron chi connectivity index (χ0n) is 9.20. The summed E-state index contributed by atoms with van der Waals surface area (Å²) in [4.78, 5) is 0. The predicted octanol–water partition coefficient (Wildman–Crippen LogP) is 0.622. The third-order valence-corrected chi connectivity index (χ3v) is 4.59. The number of sulfonamides is 1. The van der Waals surface area contributed by atoms with Crippen molar-refractivity contribution in [2.45, 2.75) is 37.5 Å². The van der Waals surface area contributed by atoms with Crippen molar-refractivity contribution in [2.24, 2.45) is 0 Å². The minimum atomic E-state index is -3.17. The molecule has 1 heterocycles. The van der Waals surface area contributed by atoms with Crippen LogP contribution in [0.5, 0.6) is 0 Å². The molecular formula is C10H20N2O2S. The molecular weight excluding hydrogens is 212 g/mol. The molecule has 0 radical (unpaired) electrons. The van der Waals surface area contributed by atoms with Crippen molar-refractivity contribution < 1.29 is 8.42 Å². The molecule has 1 fully saturated rings. The van der Waals surface area contributed by atoms with E-state index in [1.165, 1.54) is 0 Å². The second-order valence-electron chi connectivity index (χ2n) is 4.06. The van der Waals surface area contributed by atoms with Gasteiger partial charge in [-0.1, -0.05) is 6.08 Å². The van der Waals surface area contributed by atoms with E-state index in [4.69, 9.17) is 0 Å². The number of piperidine rings is 1. The second kappa shape index (κ2) is 5.63. The van der Waals surface area contributed by atoms with Crippen LogP contribution in [0.4, 0.5) is 0 Å². The number of rotatable bonds is 5. The molecule has 0 aromatic heterocycles. The fourth-order valence-electron chi connectivity index (χ4n) is 1.76. The van der Waals surface area contributed by atoms with Crippen LogP contribution in [0.2, 0.25) is 0 Å². The Morgan fingerprint density at radius 3 is 2.93 bits per heavy atom. The van der Waals surface area contributed by atoms with Crippen LogP contribution in [0.15, 0.2) is 12.7 Å². The van der Waals surface area contributed by atoms with Crippen molar-refractivity contribution in [3.63, 3.8) is 0 Å². The van der Waals surface area contributed by atoms with E-state index < -0.39 is 10.0 Å². The number of hydrogen-bond donors (Lipinski definition) is 2. The van der Waals surface area contributed by atoms with E-state index in [1.807, 2.05) is 6.92 Å². The van der Waals surface area contributed by atoms with E-state index in [1.54, 1.807) is 6.08 Å². The molecule has 1 aliphatic heterocycles. The molecule has 5 heteroatoms. The van der Waals surface area contributed by atoms with Crippen LogP contribution in [0, 0.1) is 0 Å². The first-order valence-corrected chi connectivity index (χ1v) is 6.93. The maximum Gasteiger partial charge on any atom is 0.215 e. The lowest BCUT2D eigenvalue weighted by molar-refractivity contribution is 0.484. The molecule has 1 saturated heterocycles. The molecule has 0 aromatic carbocycles. The third kappa shape index (κ3) is 3.93. The largest absolute Gasteiger partial charge is 0.315 e. The minimum Gasteiger partial charge on any atom is -0.315 e. The van der Waals surface area contributed by atoms with Crippen molar-refractivity contribution in [1.82, 2.24) is 10.0 Å². The molecule has 15 heavy (non-hydrogen) atoms. The van der Waals surface area contributed by atoms with Gasteiger partial charge in [0.05, 0.1) is 5.25 Å². The lowest BCUT2D eigenvalue weighted by Gasteiger charge is -2.24. The van der Waals surface area contributed by atoms with Gasteiger partial charge in [0.1, 0.15) is 0 Å². The van der Waals surface area contributed by atoms with Crippen molar-refractivity contribution in [1.29, 1.82) is 0 Å². The van der Waals surface area contributed by atoms with Crippen molar-refractivity contribution in [3.8, 4) is 0 Å². The van der Waals surface area contributed by atoms with Crippen LogP contribution in [0.1, 0.15) is 26.2 Å². The van der Waals surface area contributed by atoms with Crippen LogP contribution in [0.25, 0.3) is 0 Å². The summed E-state index contributed by atoms with van der Waals surface area (Å²) >= 11 is 0. The fraction of sp³-hybridized carbons (Fsp3) is 0.800. The molecule has 88 valence electrons. The molecule has 2 N–H and O–H groups in total. The summed E-state index contributed by atoms with van der Waals surface area (Å²) in [5.74, 6) is 0. The lowest BCUT2D eigenvalue weighted by Crippen LogP contribution is -2.46. The quantitative estimate of drug-likeness (QED) is 0.683. The number of nitrogens with one attached hydrogen (secondary N) is 2. The molecule has 1 rings (SSSR count). The van der Waals surface area contributed by atoms with Crippen LogP contribution < -0.4 is 10.0 Å². The summed E-state index contributed by atoms with van der Waals surface area (Å²) in [7, 11) is -3.17. The van der Waals surface area contributed by atoms with Gasteiger partial charge < -0.3 is 5.32 Å². The molecule has 0 saturated carbocycles. The Kier molecular flexibility index (Phi) is 4.76. The van der Waals surface area contributed by atoms with Crippen molar-refractivity contribution >= 4 is 10.0 Å². The first kappa shape index (κ1) is 12.7. The minimum absolute atomic E-state index is 0.0607. The average Bonchev–Trinajstić information content (AvgIpc) is 2.18. The predicted molar refractivity (Wildman–Crippen MR) is 62.2 cm³/mol. The second-order valence-corrected chi connectivity index (χ2v) is 6.05. The standard InChI is InChI=1S/C10H20N2O2S/c1-3-5-9(2)12-15(13,14)10-6-4-7-11-8-10/h3,9-12H,1,4-8H2,2H3. The van der Waals surface area contributed by atoms with Gasteiger partial charge in [-0.15, -0.1) is 6.58 Å². The molecule has 2 unspecified atom stereocenters. The third-order valence-electron chi connectivity index (χ3n) is 2.58. The Morgan fingerprint density at radius 1 is 1.67 bits per heavy atom. The summed E-state index contributed by atoms with van der Waals surface area (Å²) in [6, 6.07) is -0.0607. The summed E-state index contributed by atoms with van der Waals surface area (Å²) in [6.07, 6.45) is 4.08. The van der Waals surface area contributed by atoms with E-state index in [9.17, 15) is 8.42 Å². The topological polar surface area (TPSA) is 58.2 Å². The molecule has 0 aliphatic carbocycles. The van der Waals surface area contributed by atoms with E-state index >= 15 is 0 Å². The monoisotopic (exact) mass is 232 g/mol. The smallest absolute Gasteiger partial charge is 0.215 e. The number of hydrogen-bond acceptors (Lipinski definition) is 3. The lowest BCUT2D eigenvalue weighted by atomic mass is 10.2. The van der Waals surface area contributed by atoms with Gasteiger partial charge in [0.25, 0.3) is 0 Å². The van der Waals surface area contributed by atoms with Crippen LogP contribution in [-0.2, 0) is 10.0 Å². The van der Waals surface area contributed by atoms with Crippen LogP contribution in [0.3, 0.4) is 0 Å². The molecule has 0 spiro atoms. The van der Waals surface area contributed by atoms with Gasteiger partial charge >= 0.3 is 0 Å². The summed E-state index contributed by atoms with van der Waals surface area (Å²) in [6.45, 7) is 6.94. The molecule has 2 atom stereocenters. The molecule has 0 amide bonds. The normalized spacial score (nSPS) is 24.7. The average molecular weight is 232 g/mol. The van der Waals surface area contributed by atoms with Gasteiger partial charge in [-0.3, -0.25) is 0 Å². The fourth-order valence-corrected chi connectivity index (χ4v) is 3.42. The van der Waals surface area contributed by atoms with Crippen molar-refractivity contribution in [2.75, 3.05) is 13.1 Å². The molecule has 1 aliphatic rings. The van der Waals surface area contributed by atoms with E-state index in [-0.39, 0.29) is 11.3 Å². The highest BCUT2D eigenvalue weighted by molar-refractivity contribution is 7.90. The summed E-state index contributed by atoms with van der Waals surface area (Å²) < 4.78 is 26.5. The van der Waals surface area contributed by atoms with Crippen molar-refractivity contribution in [3.05, 3.63) is 12.7 Å². The Bertz CT molecular complexity index is 295. The van der Waals surface area contributed by atoms with Gasteiger partial charge in [-0.2, -0.15) is 0 Å². The van der Waals surface area contributed by atoms with Gasteiger partial charge in [0.2, 0.25) is 10.0 Å². The maximum atomic E-state index is 11.9. The highest BCUT2D eigenvalue weighted by atomic mass is 32.2. The highest BCUT2D eigenvalue weighted by Crippen LogP contribution is 2.11. The maximum absolute atomic E-state index is 11.9. The van der Waals surface area contributed by atoms with E-state index in [0.717, 1.165) is 19.4 Å². The zero-order chi connectivity index (χ0) is 11.3. The van der Waals surface area contributed by atoms with Gasteiger partial charge in [0.15, 0.2) is 0 Å². The molecule has 4 nitrogen and oxygen atoms in total. The Labute approximate surface area is 92.2 Å².